The van der Waals surface area contributed by atoms with Gasteiger partial charge in [-0.1, -0.05) is 37.1 Å². The first-order chi connectivity index (χ1) is 11.2. The number of hydrogen-bond donors (Lipinski definition) is 2. The van der Waals surface area contributed by atoms with Gasteiger partial charge < -0.3 is 15.2 Å². The number of rotatable bonds is 5. The molecule has 124 valence electrons. The Kier molecular flexibility index (Phi) is 4.71. The summed E-state index contributed by atoms with van der Waals surface area (Å²) in [5, 5.41) is 12.4. The van der Waals surface area contributed by atoms with E-state index in [4.69, 9.17) is 4.74 Å². The van der Waals surface area contributed by atoms with E-state index in [9.17, 15) is 9.90 Å². The number of aliphatic hydroxyl groups is 1. The van der Waals surface area contributed by atoms with Crippen molar-refractivity contribution in [3.05, 3.63) is 42.0 Å². The van der Waals surface area contributed by atoms with Gasteiger partial charge in [0.2, 0.25) is 5.91 Å². The maximum atomic E-state index is 13.1. The Morgan fingerprint density at radius 2 is 2.13 bits per heavy atom. The molecule has 0 saturated heterocycles. The Morgan fingerprint density at radius 3 is 2.78 bits per heavy atom. The van der Waals surface area contributed by atoms with E-state index in [2.05, 4.69) is 5.32 Å². The first kappa shape index (κ1) is 16.1. The van der Waals surface area contributed by atoms with Crippen LogP contribution in [0.25, 0.3) is 0 Å². The maximum Gasteiger partial charge on any atom is 0.231 e. The van der Waals surface area contributed by atoms with Crippen LogP contribution in [-0.4, -0.2) is 30.8 Å². The summed E-state index contributed by atoms with van der Waals surface area (Å²) in [5.41, 5.74) is 0.604. The number of nitrogens with one attached hydrogen (secondary N) is 1. The van der Waals surface area contributed by atoms with E-state index in [1.54, 1.807) is 7.11 Å². The zero-order chi connectivity index (χ0) is 16.3. The molecule has 1 aromatic rings. The van der Waals surface area contributed by atoms with E-state index in [0.29, 0.717) is 0 Å². The number of carbonyl (C=O) groups is 1. The highest BCUT2D eigenvalue weighted by molar-refractivity contribution is 5.89. The summed E-state index contributed by atoms with van der Waals surface area (Å²) < 4.78 is 5.33. The average molecular weight is 315 g/mol. The SMILES string of the molecule is COc1cccc(C2(C(=O)N[C@@H]3C=C[C@H](CO)C3)CCCC2)c1. The van der Waals surface area contributed by atoms with Crippen molar-refractivity contribution < 1.29 is 14.6 Å². The maximum absolute atomic E-state index is 13.1. The molecule has 1 aromatic carbocycles. The van der Waals surface area contributed by atoms with E-state index in [1.807, 2.05) is 36.4 Å². The quantitative estimate of drug-likeness (QED) is 0.821. The Hall–Kier alpha value is -1.81. The van der Waals surface area contributed by atoms with Crippen LogP contribution in [0.4, 0.5) is 0 Å². The van der Waals surface area contributed by atoms with Crippen LogP contribution in [0.2, 0.25) is 0 Å². The fraction of sp³-hybridized carbons (Fsp3) is 0.526. The zero-order valence-electron chi connectivity index (χ0n) is 13.6. The lowest BCUT2D eigenvalue weighted by Gasteiger charge is -2.30. The van der Waals surface area contributed by atoms with Crippen molar-refractivity contribution in [1.82, 2.24) is 5.32 Å². The van der Waals surface area contributed by atoms with Crippen molar-refractivity contribution >= 4 is 5.91 Å². The Morgan fingerprint density at radius 1 is 1.35 bits per heavy atom. The molecule has 23 heavy (non-hydrogen) atoms. The second-order valence-corrected chi connectivity index (χ2v) is 6.66. The summed E-state index contributed by atoms with van der Waals surface area (Å²) in [6.45, 7) is 0.143. The van der Waals surface area contributed by atoms with Gasteiger partial charge in [-0.2, -0.15) is 0 Å². The fourth-order valence-corrected chi connectivity index (χ4v) is 3.87. The van der Waals surface area contributed by atoms with E-state index >= 15 is 0 Å². The van der Waals surface area contributed by atoms with Gasteiger partial charge in [-0.05, 0) is 37.0 Å². The van der Waals surface area contributed by atoms with Crippen molar-refractivity contribution in [2.75, 3.05) is 13.7 Å². The van der Waals surface area contributed by atoms with Crippen LogP contribution in [0.3, 0.4) is 0 Å². The molecule has 0 spiro atoms. The van der Waals surface area contributed by atoms with Gasteiger partial charge in [0.05, 0.1) is 12.5 Å². The standard InChI is InChI=1S/C19H25NO3/c1-23-17-6-4-5-15(12-17)19(9-2-3-10-19)18(22)20-16-8-7-14(11-16)13-21/h4-8,12,14,16,21H,2-3,9-11,13H2,1H3,(H,20,22)/t14-,16+/m0/s1. The van der Waals surface area contributed by atoms with Gasteiger partial charge >= 0.3 is 0 Å². The van der Waals surface area contributed by atoms with Crippen LogP contribution in [-0.2, 0) is 10.2 Å². The summed E-state index contributed by atoms with van der Waals surface area (Å²) in [4.78, 5) is 13.1. The minimum Gasteiger partial charge on any atom is -0.497 e. The van der Waals surface area contributed by atoms with Gasteiger partial charge in [-0.3, -0.25) is 4.79 Å². The highest BCUT2D eigenvalue weighted by Crippen LogP contribution is 2.42. The largest absolute Gasteiger partial charge is 0.497 e. The lowest BCUT2D eigenvalue weighted by Crippen LogP contribution is -2.46. The van der Waals surface area contributed by atoms with E-state index < -0.39 is 5.41 Å². The molecule has 2 N–H and O–H groups in total. The molecule has 0 bridgehead atoms. The number of aliphatic hydroxyl groups excluding tert-OH is 1. The molecule has 0 aliphatic heterocycles. The summed E-state index contributed by atoms with van der Waals surface area (Å²) in [5.74, 6) is 1.07. The molecule has 4 heteroatoms. The molecule has 2 atom stereocenters. The Balaban J connectivity index is 1.80. The summed E-state index contributed by atoms with van der Waals surface area (Å²) in [7, 11) is 1.65. The van der Waals surface area contributed by atoms with E-state index in [-0.39, 0.29) is 24.5 Å². The number of ether oxygens (including phenoxy) is 1. The topological polar surface area (TPSA) is 58.6 Å². The van der Waals surface area contributed by atoms with E-state index in [0.717, 1.165) is 43.4 Å². The second-order valence-electron chi connectivity index (χ2n) is 6.66. The van der Waals surface area contributed by atoms with Crippen molar-refractivity contribution in [2.24, 2.45) is 5.92 Å². The van der Waals surface area contributed by atoms with Crippen molar-refractivity contribution in [1.29, 1.82) is 0 Å². The number of carbonyl (C=O) groups excluding carboxylic acids is 1. The van der Waals surface area contributed by atoms with Crippen LogP contribution in [0.15, 0.2) is 36.4 Å². The lowest BCUT2D eigenvalue weighted by atomic mass is 9.77. The lowest BCUT2D eigenvalue weighted by molar-refractivity contribution is -0.127. The van der Waals surface area contributed by atoms with Gasteiger partial charge in [-0.25, -0.2) is 0 Å². The molecule has 0 radical (unpaired) electrons. The first-order valence-corrected chi connectivity index (χ1v) is 8.42. The van der Waals surface area contributed by atoms with Crippen LogP contribution in [0.5, 0.6) is 5.75 Å². The van der Waals surface area contributed by atoms with Crippen LogP contribution in [0.1, 0.15) is 37.7 Å². The van der Waals surface area contributed by atoms with Gasteiger partial charge in [-0.15, -0.1) is 0 Å². The van der Waals surface area contributed by atoms with Crippen LogP contribution >= 0.6 is 0 Å². The van der Waals surface area contributed by atoms with Gasteiger partial charge in [0.1, 0.15) is 5.75 Å². The van der Waals surface area contributed by atoms with Crippen LogP contribution in [0, 0.1) is 5.92 Å². The third kappa shape index (κ3) is 3.13. The predicted molar refractivity (Wildman–Crippen MR) is 89.4 cm³/mol. The number of benzene rings is 1. The first-order valence-electron chi connectivity index (χ1n) is 8.42. The molecule has 1 fully saturated rings. The zero-order valence-corrected chi connectivity index (χ0v) is 13.6. The third-order valence-corrected chi connectivity index (χ3v) is 5.24. The Bertz CT molecular complexity index is 590. The monoisotopic (exact) mass is 315 g/mol. The Labute approximate surface area is 137 Å². The molecule has 0 aromatic heterocycles. The molecule has 0 unspecified atom stereocenters. The highest BCUT2D eigenvalue weighted by atomic mass is 16.5. The minimum atomic E-state index is -0.445. The summed E-state index contributed by atoms with van der Waals surface area (Å²) in [6.07, 6.45) is 8.70. The fourth-order valence-electron chi connectivity index (χ4n) is 3.87. The second kappa shape index (κ2) is 6.75. The van der Waals surface area contributed by atoms with E-state index in [1.165, 1.54) is 0 Å². The number of methoxy groups -OCH3 is 1. The van der Waals surface area contributed by atoms with Crippen LogP contribution < -0.4 is 10.1 Å². The molecule has 3 rings (SSSR count). The van der Waals surface area contributed by atoms with Crippen molar-refractivity contribution in [3.63, 3.8) is 0 Å². The predicted octanol–water partition coefficient (Wildman–Crippen LogP) is 2.56. The molecule has 4 nitrogen and oxygen atoms in total. The summed E-state index contributed by atoms with van der Waals surface area (Å²) >= 11 is 0. The average Bonchev–Trinajstić information content (AvgIpc) is 3.24. The van der Waals surface area contributed by atoms with Gasteiger partial charge in [0.15, 0.2) is 0 Å². The molecule has 2 aliphatic carbocycles. The molecule has 2 aliphatic rings. The normalized spacial score (nSPS) is 25.5. The molecular weight excluding hydrogens is 290 g/mol. The molecule has 0 heterocycles. The molecular formula is C19H25NO3. The van der Waals surface area contributed by atoms with Crippen molar-refractivity contribution in [2.45, 2.75) is 43.6 Å². The van der Waals surface area contributed by atoms with Crippen molar-refractivity contribution in [3.8, 4) is 5.75 Å². The highest BCUT2D eigenvalue weighted by Gasteiger charge is 2.43. The van der Waals surface area contributed by atoms with Gasteiger partial charge in [0.25, 0.3) is 0 Å². The molecule has 1 amide bonds. The molecule has 1 saturated carbocycles. The minimum absolute atomic E-state index is 0.0303. The number of hydrogen-bond acceptors (Lipinski definition) is 3. The third-order valence-electron chi connectivity index (χ3n) is 5.24. The van der Waals surface area contributed by atoms with Gasteiger partial charge in [0, 0.05) is 18.6 Å². The number of amides is 1. The smallest absolute Gasteiger partial charge is 0.231 e. The summed E-state index contributed by atoms with van der Waals surface area (Å²) in [6, 6.07) is 7.93.